The summed E-state index contributed by atoms with van der Waals surface area (Å²) < 4.78 is 0. The molecule has 19 heavy (non-hydrogen) atoms. The van der Waals surface area contributed by atoms with Crippen molar-refractivity contribution in [2.24, 2.45) is 0 Å². The second-order valence-electron chi connectivity index (χ2n) is 4.78. The Kier molecular flexibility index (Phi) is 3.72. The van der Waals surface area contributed by atoms with Crippen molar-refractivity contribution < 1.29 is 9.59 Å². The summed E-state index contributed by atoms with van der Waals surface area (Å²) in [6.45, 7) is 5.92. The highest BCUT2D eigenvalue weighted by molar-refractivity contribution is 6.34. The number of rotatable bonds is 2. The summed E-state index contributed by atoms with van der Waals surface area (Å²) in [6, 6.07) is 2.06. The van der Waals surface area contributed by atoms with Gasteiger partial charge in [0.05, 0.1) is 0 Å². The van der Waals surface area contributed by atoms with Crippen molar-refractivity contribution in [2.45, 2.75) is 26.7 Å². The maximum absolute atomic E-state index is 12.0. The average Bonchev–Trinajstić information content (AvgIpc) is 2.36. The maximum atomic E-state index is 12.0. The van der Waals surface area contributed by atoms with Crippen molar-refractivity contribution in [2.75, 3.05) is 0 Å². The molecule has 0 aromatic heterocycles. The van der Waals surface area contributed by atoms with Crippen molar-refractivity contribution in [3.05, 3.63) is 52.1 Å². The van der Waals surface area contributed by atoms with Crippen molar-refractivity contribution in [3.63, 3.8) is 0 Å². The van der Waals surface area contributed by atoms with Gasteiger partial charge in [0.1, 0.15) is 0 Å². The van der Waals surface area contributed by atoms with E-state index in [0.29, 0.717) is 11.5 Å². The van der Waals surface area contributed by atoms with Crippen LogP contribution in [0.5, 0.6) is 0 Å². The van der Waals surface area contributed by atoms with Gasteiger partial charge in [-0.3, -0.25) is 9.59 Å². The number of alkyl halides is 1. The van der Waals surface area contributed by atoms with E-state index in [4.69, 9.17) is 11.6 Å². The van der Waals surface area contributed by atoms with Gasteiger partial charge in [-0.15, -0.1) is 11.6 Å². The number of benzene rings is 1. The van der Waals surface area contributed by atoms with E-state index >= 15 is 0 Å². The van der Waals surface area contributed by atoms with Crippen LogP contribution in [0.15, 0.2) is 24.3 Å². The number of aryl methyl sites for hydroxylation is 2. The summed E-state index contributed by atoms with van der Waals surface area (Å²) in [4.78, 5) is 23.6. The minimum absolute atomic E-state index is 0.140. The molecule has 0 atom stereocenters. The smallest absolute Gasteiger partial charge is 0.186 e. The minimum Gasteiger partial charge on any atom is -0.290 e. The molecule has 0 aliphatic heterocycles. The third-order valence-electron chi connectivity index (χ3n) is 3.53. The summed E-state index contributed by atoms with van der Waals surface area (Å²) in [5.74, 6) is 0.0258. The molecule has 0 amide bonds. The van der Waals surface area contributed by atoms with Crippen LogP contribution in [0.25, 0.3) is 5.57 Å². The molecule has 2 rings (SSSR count). The van der Waals surface area contributed by atoms with Crippen LogP contribution in [-0.4, -0.2) is 11.6 Å². The number of carbonyl (C=O) groups is 2. The second-order valence-corrected chi connectivity index (χ2v) is 5.05. The Hall–Kier alpha value is -1.67. The Bertz CT molecular complexity index is 637. The summed E-state index contributed by atoms with van der Waals surface area (Å²) >= 11 is 6.02. The van der Waals surface area contributed by atoms with Crippen LogP contribution in [0.3, 0.4) is 0 Å². The Morgan fingerprint density at radius 1 is 1.05 bits per heavy atom. The fourth-order valence-corrected chi connectivity index (χ4v) is 2.73. The van der Waals surface area contributed by atoms with Gasteiger partial charge in [0.2, 0.25) is 0 Å². The van der Waals surface area contributed by atoms with Gasteiger partial charge < -0.3 is 0 Å². The monoisotopic (exact) mass is 274 g/mol. The molecule has 98 valence electrons. The Balaban J connectivity index is 2.75. The van der Waals surface area contributed by atoms with E-state index in [9.17, 15) is 9.59 Å². The second kappa shape index (κ2) is 5.14. The topological polar surface area (TPSA) is 34.1 Å². The normalized spacial score (nSPS) is 14.8. The van der Waals surface area contributed by atoms with Gasteiger partial charge in [0.25, 0.3) is 0 Å². The first-order chi connectivity index (χ1) is 8.95. The molecule has 0 heterocycles. The third-order valence-corrected chi connectivity index (χ3v) is 3.80. The largest absolute Gasteiger partial charge is 0.290 e. The highest BCUT2D eigenvalue weighted by atomic mass is 35.5. The van der Waals surface area contributed by atoms with Crippen LogP contribution in [-0.2, 0) is 15.5 Å². The summed E-state index contributed by atoms with van der Waals surface area (Å²) in [6.07, 6.45) is 4.02. The van der Waals surface area contributed by atoms with Crippen molar-refractivity contribution >= 4 is 28.7 Å². The van der Waals surface area contributed by atoms with E-state index < -0.39 is 0 Å². The average molecular weight is 275 g/mol. The van der Waals surface area contributed by atoms with Crippen molar-refractivity contribution in [3.8, 4) is 0 Å². The molecule has 3 heteroatoms. The van der Waals surface area contributed by atoms with Crippen LogP contribution in [0, 0.1) is 20.8 Å². The predicted molar refractivity (Wildman–Crippen MR) is 77.3 cm³/mol. The third kappa shape index (κ3) is 2.41. The minimum atomic E-state index is -0.159. The molecule has 0 spiro atoms. The lowest BCUT2D eigenvalue weighted by Gasteiger charge is -2.18. The number of hydrogen-bond donors (Lipinski definition) is 0. The first-order valence-corrected chi connectivity index (χ1v) is 6.63. The molecular weight excluding hydrogens is 260 g/mol. The molecule has 1 aromatic rings. The number of ketones is 2. The zero-order chi connectivity index (χ0) is 14.2. The van der Waals surface area contributed by atoms with Crippen molar-refractivity contribution in [1.82, 2.24) is 0 Å². The summed E-state index contributed by atoms with van der Waals surface area (Å²) in [5, 5.41) is 0. The predicted octanol–water partition coefficient (Wildman–Crippen LogP) is 3.44. The fraction of sp³-hybridized carbons (Fsp3) is 0.250. The molecular formula is C16H15ClO2. The first kappa shape index (κ1) is 13.8. The van der Waals surface area contributed by atoms with Gasteiger partial charge in [-0.2, -0.15) is 0 Å². The molecule has 1 aliphatic carbocycles. The lowest BCUT2D eigenvalue weighted by molar-refractivity contribution is -0.113. The van der Waals surface area contributed by atoms with Crippen LogP contribution in [0.4, 0.5) is 0 Å². The lowest BCUT2D eigenvalue weighted by Crippen LogP contribution is -2.11. The van der Waals surface area contributed by atoms with E-state index in [-0.39, 0.29) is 11.6 Å². The van der Waals surface area contributed by atoms with Gasteiger partial charge in [-0.1, -0.05) is 6.07 Å². The first-order valence-electron chi connectivity index (χ1n) is 6.09. The fourth-order valence-electron chi connectivity index (χ4n) is 2.38. The molecule has 0 N–H and O–H groups in total. The van der Waals surface area contributed by atoms with Gasteiger partial charge in [0, 0.05) is 11.5 Å². The number of carbonyl (C=O) groups excluding carboxylic acids is 2. The number of hydrogen-bond acceptors (Lipinski definition) is 2. The molecule has 1 aliphatic rings. The quantitative estimate of drug-likeness (QED) is 0.611. The standard InChI is InChI=1S/C16H15ClO2/c1-9-6-10(2)14(8-17)16(11(9)3)13-7-12(18)4-5-15(13)19/h4-7H,8H2,1-3H3. The zero-order valence-electron chi connectivity index (χ0n) is 11.2. The van der Waals surface area contributed by atoms with E-state index in [0.717, 1.165) is 27.8 Å². The van der Waals surface area contributed by atoms with Gasteiger partial charge in [0.15, 0.2) is 11.6 Å². The van der Waals surface area contributed by atoms with Crippen LogP contribution in [0.1, 0.15) is 27.8 Å². The maximum Gasteiger partial charge on any atom is 0.186 e. The highest BCUT2D eigenvalue weighted by Crippen LogP contribution is 2.31. The number of halogens is 1. The van der Waals surface area contributed by atoms with E-state index in [2.05, 4.69) is 6.07 Å². The molecule has 0 radical (unpaired) electrons. The summed E-state index contributed by atoms with van der Waals surface area (Å²) in [7, 11) is 0. The molecule has 2 nitrogen and oxygen atoms in total. The molecule has 0 saturated heterocycles. The molecule has 0 bridgehead atoms. The van der Waals surface area contributed by atoms with Gasteiger partial charge in [-0.05, 0) is 66.8 Å². The SMILES string of the molecule is Cc1cc(C)c(CCl)c(C2=CC(=O)C=CC2=O)c1C. The summed E-state index contributed by atoms with van der Waals surface area (Å²) in [5.41, 5.74) is 5.33. The highest BCUT2D eigenvalue weighted by Gasteiger charge is 2.21. The van der Waals surface area contributed by atoms with E-state index in [1.54, 1.807) is 0 Å². The van der Waals surface area contributed by atoms with E-state index in [1.807, 2.05) is 20.8 Å². The van der Waals surface area contributed by atoms with Crippen LogP contribution >= 0.6 is 11.6 Å². The Morgan fingerprint density at radius 3 is 2.37 bits per heavy atom. The van der Waals surface area contributed by atoms with Gasteiger partial charge >= 0.3 is 0 Å². The Labute approximate surface area is 117 Å². The molecule has 0 unspecified atom stereocenters. The van der Waals surface area contributed by atoms with E-state index in [1.165, 1.54) is 18.2 Å². The Morgan fingerprint density at radius 2 is 1.74 bits per heavy atom. The molecule has 1 aromatic carbocycles. The number of allylic oxidation sites excluding steroid dienone is 4. The molecule has 0 fully saturated rings. The molecule has 0 saturated carbocycles. The lowest BCUT2D eigenvalue weighted by atomic mass is 9.86. The van der Waals surface area contributed by atoms with Crippen molar-refractivity contribution in [1.29, 1.82) is 0 Å². The van der Waals surface area contributed by atoms with Gasteiger partial charge in [-0.25, -0.2) is 0 Å². The zero-order valence-corrected chi connectivity index (χ0v) is 12.0. The van der Waals surface area contributed by atoms with Crippen LogP contribution in [0.2, 0.25) is 0 Å². The van der Waals surface area contributed by atoms with Crippen LogP contribution < -0.4 is 0 Å².